The molecule has 7 heteroatoms. The number of amides is 2. The predicted molar refractivity (Wildman–Crippen MR) is 128 cm³/mol. The summed E-state index contributed by atoms with van der Waals surface area (Å²) in [7, 11) is 1.64. The molecule has 1 aromatic carbocycles. The molecule has 0 spiro atoms. The van der Waals surface area contributed by atoms with Gasteiger partial charge in [-0.3, -0.25) is 9.59 Å². The van der Waals surface area contributed by atoms with Crippen LogP contribution >= 0.6 is 11.3 Å². The molecular formula is C26H32N2O4S. The largest absolute Gasteiger partial charge is 0.497 e. The van der Waals surface area contributed by atoms with Crippen LogP contribution in [0.5, 0.6) is 11.5 Å². The van der Waals surface area contributed by atoms with Gasteiger partial charge in [-0.2, -0.15) is 0 Å². The number of ether oxygens (including phenoxy) is 2. The van der Waals surface area contributed by atoms with E-state index in [4.69, 9.17) is 9.47 Å². The van der Waals surface area contributed by atoms with E-state index in [1.54, 1.807) is 18.4 Å². The fraction of sp³-hybridized carbons (Fsp3) is 0.538. The van der Waals surface area contributed by atoms with E-state index in [-0.39, 0.29) is 36.4 Å². The van der Waals surface area contributed by atoms with Gasteiger partial charge < -0.3 is 19.3 Å². The monoisotopic (exact) mass is 468 g/mol. The molecule has 0 bridgehead atoms. The summed E-state index contributed by atoms with van der Waals surface area (Å²) in [4.78, 5) is 31.9. The number of hydrogen-bond acceptors (Lipinski definition) is 5. The van der Waals surface area contributed by atoms with E-state index in [1.807, 2.05) is 34.1 Å². The van der Waals surface area contributed by atoms with E-state index >= 15 is 0 Å². The van der Waals surface area contributed by atoms with Gasteiger partial charge in [0.1, 0.15) is 24.7 Å². The molecule has 3 aliphatic rings. The summed E-state index contributed by atoms with van der Waals surface area (Å²) >= 11 is 1.74. The topological polar surface area (TPSA) is 59.1 Å². The molecule has 5 rings (SSSR count). The molecule has 2 heterocycles. The summed E-state index contributed by atoms with van der Waals surface area (Å²) in [5.74, 6) is 1.80. The lowest BCUT2D eigenvalue weighted by molar-refractivity contribution is -0.145. The lowest BCUT2D eigenvalue weighted by Crippen LogP contribution is -2.49. The van der Waals surface area contributed by atoms with Crippen molar-refractivity contribution in [1.82, 2.24) is 9.80 Å². The maximum Gasteiger partial charge on any atom is 0.242 e. The van der Waals surface area contributed by atoms with Gasteiger partial charge in [0, 0.05) is 29.4 Å². The summed E-state index contributed by atoms with van der Waals surface area (Å²) < 4.78 is 11.4. The third kappa shape index (κ3) is 4.88. The van der Waals surface area contributed by atoms with Crippen molar-refractivity contribution in [2.75, 3.05) is 26.8 Å². The SMILES string of the molecule is COc1cccc(OCC2c3ccsc3CCN2C(=O)CN(C(=O)C2CCCC2)C2CC2)c1. The van der Waals surface area contributed by atoms with Crippen molar-refractivity contribution < 1.29 is 19.1 Å². The number of rotatable bonds is 8. The maximum atomic E-state index is 13.6. The van der Waals surface area contributed by atoms with Crippen LogP contribution in [0.1, 0.15) is 55.0 Å². The summed E-state index contributed by atoms with van der Waals surface area (Å²) in [5.41, 5.74) is 1.17. The molecule has 2 amide bonds. The Morgan fingerprint density at radius 3 is 2.67 bits per heavy atom. The van der Waals surface area contributed by atoms with Gasteiger partial charge in [0.15, 0.2) is 0 Å². The Morgan fingerprint density at radius 1 is 1.12 bits per heavy atom. The fourth-order valence-electron chi connectivity index (χ4n) is 5.16. The van der Waals surface area contributed by atoms with Gasteiger partial charge in [-0.15, -0.1) is 11.3 Å². The third-order valence-electron chi connectivity index (χ3n) is 7.15. The minimum Gasteiger partial charge on any atom is -0.497 e. The van der Waals surface area contributed by atoms with E-state index < -0.39 is 0 Å². The van der Waals surface area contributed by atoms with Crippen LogP contribution in [0.25, 0.3) is 0 Å². The van der Waals surface area contributed by atoms with Crippen LogP contribution in [0.2, 0.25) is 0 Å². The number of benzene rings is 1. The highest BCUT2D eigenvalue weighted by Crippen LogP contribution is 2.36. The van der Waals surface area contributed by atoms with Crippen molar-refractivity contribution in [3.63, 3.8) is 0 Å². The predicted octanol–water partition coefficient (Wildman–Crippen LogP) is 4.44. The minimum atomic E-state index is -0.152. The molecule has 2 aliphatic carbocycles. The molecule has 6 nitrogen and oxygen atoms in total. The van der Waals surface area contributed by atoms with Crippen LogP contribution in [-0.4, -0.2) is 54.5 Å². The average Bonchev–Trinajstić information content (AvgIpc) is 3.32. The van der Waals surface area contributed by atoms with Crippen molar-refractivity contribution >= 4 is 23.2 Å². The van der Waals surface area contributed by atoms with E-state index in [0.29, 0.717) is 13.2 Å². The van der Waals surface area contributed by atoms with Gasteiger partial charge in [-0.05, 0) is 61.2 Å². The molecule has 1 unspecified atom stereocenters. The van der Waals surface area contributed by atoms with Gasteiger partial charge in [0.05, 0.1) is 13.2 Å². The van der Waals surface area contributed by atoms with Crippen molar-refractivity contribution in [2.24, 2.45) is 5.92 Å². The lowest BCUT2D eigenvalue weighted by Gasteiger charge is -2.37. The zero-order valence-corrected chi connectivity index (χ0v) is 20.0. The lowest BCUT2D eigenvalue weighted by atomic mass is 10.00. The van der Waals surface area contributed by atoms with Gasteiger partial charge >= 0.3 is 0 Å². The molecule has 176 valence electrons. The normalized spacial score (nSPS) is 20.4. The standard InChI is InChI=1S/C26H32N2O4S/c1-31-20-7-4-8-21(15-20)32-17-23-22-12-14-33-24(22)11-13-27(23)25(29)16-28(19-9-10-19)26(30)18-5-2-3-6-18/h4,7-8,12,14-15,18-19,23H,2-3,5-6,9-11,13,16-17H2,1H3. The Hall–Kier alpha value is -2.54. The van der Waals surface area contributed by atoms with E-state index in [1.165, 1.54) is 10.4 Å². The van der Waals surface area contributed by atoms with Gasteiger partial charge in [-0.1, -0.05) is 18.9 Å². The maximum absolute atomic E-state index is 13.6. The molecule has 1 atom stereocenters. The first-order chi connectivity index (χ1) is 16.1. The highest BCUT2D eigenvalue weighted by Gasteiger charge is 2.40. The molecular weight excluding hydrogens is 436 g/mol. The summed E-state index contributed by atoms with van der Waals surface area (Å²) in [6.07, 6.45) is 7.07. The van der Waals surface area contributed by atoms with E-state index in [0.717, 1.165) is 56.4 Å². The molecule has 0 radical (unpaired) electrons. The zero-order valence-electron chi connectivity index (χ0n) is 19.2. The molecule has 1 aromatic heterocycles. The molecule has 33 heavy (non-hydrogen) atoms. The van der Waals surface area contributed by atoms with Crippen LogP contribution in [0.15, 0.2) is 35.7 Å². The second-order valence-corrected chi connectivity index (χ2v) is 10.3. The summed E-state index contributed by atoms with van der Waals surface area (Å²) in [6, 6.07) is 9.75. The molecule has 0 saturated heterocycles. The average molecular weight is 469 g/mol. The number of carbonyl (C=O) groups is 2. The zero-order chi connectivity index (χ0) is 22.8. The van der Waals surface area contributed by atoms with Gasteiger partial charge in [0.2, 0.25) is 11.8 Å². The van der Waals surface area contributed by atoms with Crippen molar-refractivity contribution in [2.45, 2.75) is 57.0 Å². The number of carbonyl (C=O) groups excluding carboxylic acids is 2. The fourth-order valence-corrected chi connectivity index (χ4v) is 6.09. The Kier molecular flexibility index (Phi) is 6.58. The number of hydrogen-bond donors (Lipinski definition) is 0. The van der Waals surface area contributed by atoms with Gasteiger partial charge in [-0.25, -0.2) is 0 Å². The van der Waals surface area contributed by atoms with E-state index in [2.05, 4.69) is 11.4 Å². The van der Waals surface area contributed by atoms with Crippen LogP contribution < -0.4 is 9.47 Å². The molecule has 2 fully saturated rings. The van der Waals surface area contributed by atoms with Crippen LogP contribution in [-0.2, 0) is 16.0 Å². The van der Waals surface area contributed by atoms with Crippen LogP contribution in [0, 0.1) is 5.92 Å². The minimum absolute atomic E-state index is 0.0318. The molecule has 2 aromatic rings. The third-order valence-corrected chi connectivity index (χ3v) is 8.14. The smallest absolute Gasteiger partial charge is 0.242 e. The Morgan fingerprint density at radius 2 is 1.91 bits per heavy atom. The molecule has 1 aliphatic heterocycles. The highest BCUT2D eigenvalue weighted by molar-refractivity contribution is 7.10. The summed E-state index contributed by atoms with van der Waals surface area (Å²) in [6.45, 7) is 1.23. The molecule has 0 N–H and O–H groups in total. The van der Waals surface area contributed by atoms with Crippen LogP contribution in [0.4, 0.5) is 0 Å². The highest BCUT2D eigenvalue weighted by atomic mass is 32.1. The Bertz CT molecular complexity index is 996. The first kappa shape index (κ1) is 22.3. The van der Waals surface area contributed by atoms with Crippen molar-refractivity contribution in [3.8, 4) is 11.5 Å². The summed E-state index contributed by atoms with van der Waals surface area (Å²) in [5, 5.41) is 2.09. The Balaban J connectivity index is 1.31. The second kappa shape index (κ2) is 9.75. The van der Waals surface area contributed by atoms with Crippen LogP contribution in [0.3, 0.4) is 0 Å². The number of methoxy groups -OCH3 is 1. The van der Waals surface area contributed by atoms with Crippen molar-refractivity contribution in [1.29, 1.82) is 0 Å². The first-order valence-corrected chi connectivity index (χ1v) is 12.9. The Labute approximate surface area is 199 Å². The second-order valence-electron chi connectivity index (χ2n) is 9.32. The van der Waals surface area contributed by atoms with Crippen molar-refractivity contribution in [3.05, 3.63) is 46.2 Å². The van der Waals surface area contributed by atoms with Gasteiger partial charge in [0.25, 0.3) is 0 Å². The number of nitrogens with zero attached hydrogens (tertiary/aromatic N) is 2. The number of fused-ring (bicyclic) bond motifs is 1. The quantitative estimate of drug-likeness (QED) is 0.575. The first-order valence-electron chi connectivity index (χ1n) is 12.1. The van der Waals surface area contributed by atoms with E-state index in [9.17, 15) is 9.59 Å². The number of thiophene rings is 1. The molecule has 2 saturated carbocycles.